The lowest BCUT2D eigenvalue weighted by Crippen LogP contribution is -2.34. The highest BCUT2D eigenvalue weighted by Gasteiger charge is 2.28. The molecule has 1 atom stereocenters. The Morgan fingerprint density at radius 1 is 1.20 bits per heavy atom. The van der Waals surface area contributed by atoms with Gasteiger partial charge in [0.2, 0.25) is 0 Å². The molecule has 3 rings (SSSR count). The van der Waals surface area contributed by atoms with Crippen LogP contribution in [-0.2, 0) is 0 Å². The van der Waals surface area contributed by atoms with Crippen molar-refractivity contribution in [3.05, 3.63) is 42.1 Å². The molecule has 0 saturated carbocycles. The van der Waals surface area contributed by atoms with Gasteiger partial charge in [0.15, 0.2) is 0 Å². The molecule has 1 saturated heterocycles. The highest BCUT2D eigenvalue weighted by Crippen LogP contribution is 2.41. The molecule has 1 aliphatic heterocycles. The van der Waals surface area contributed by atoms with E-state index in [1.807, 2.05) is 12.1 Å². The maximum absolute atomic E-state index is 5.54. The smallest absolute Gasteiger partial charge is 0.142 e. The van der Waals surface area contributed by atoms with Gasteiger partial charge in [-0.2, -0.15) is 0 Å². The maximum atomic E-state index is 5.54. The number of fused-ring (bicyclic) bond motifs is 1. The van der Waals surface area contributed by atoms with Crippen LogP contribution in [0.4, 0.5) is 5.69 Å². The monoisotopic (exact) mass is 271 g/mol. The van der Waals surface area contributed by atoms with Crippen molar-refractivity contribution in [3.63, 3.8) is 0 Å². The molecule has 0 spiro atoms. The van der Waals surface area contributed by atoms with Crippen LogP contribution < -0.4 is 14.4 Å². The molecule has 3 heteroatoms. The van der Waals surface area contributed by atoms with E-state index < -0.39 is 0 Å². The van der Waals surface area contributed by atoms with E-state index in [4.69, 9.17) is 9.47 Å². The van der Waals surface area contributed by atoms with Crippen molar-refractivity contribution in [3.8, 4) is 11.5 Å². The number of allylic oxidation sites excluding steroid dienone is 4. The molecule has 1 aliphatic carbocycles. The topological polar surface area (TPSA) is 21.7 Å². The number of ether oxygens (including phenoxy) is 2. The van der Waals surface area contributed by atoms with Crippen molar-refractivity contribution in [2.24, 2.45) is 5.92 Å². The highest BCUT2D eigenvalue weighted by molar-refractivity contribution is 5.65. The standard InChI is InChI=1S/C17H21NO2/c1-19-14-9-10-17(20-2)16(12-14)18-11-5-7-13-6-3-4-8-15(13)18/h3-4,8-10,12-13H,5-7,11H2,1-2H3. The molecule has 0 aromatic heterocycles. The molecule has 1 fully saturated rings. The third kappa shape index (κ3) is 2.28. The maximum Gasteiger partial charge on any atom is 0.142 e. The SMILES string of the molecule is COc1ccc(OC)c(N2CCCC3CC=CC=C32)c1. The second kappa shape index (κ2) is 5.61. The summed E-state index contributed by atoms with van der Waals surface area (Å²) in [5.41, 5.74) is 2.52. The number of piperidine rings is 1. The third-order valence-electron chi connectivity index (χ3n) is 4.16. The van der Waals surface area contributed by atoms with Crippen molar-refractivity contribution in [2.45, 2.75) is 19.3 Å². The first-order valence-corrected chi connectivity index (χ1v) is 7.19. The molecule has 0 N–H and O–H groups in total. The molecule has 0 radical (unpaired) electrons. The van der Waals surface area contributed by atoms with Gasteiger partial charge in [-0.15, -0.1) is 0 Å². The van der Waals surface area contributed by atoms with E-state index in [0.29, 0.717) is 5.92 Å². The van der Waals surface area contributed by atoms with E-state index in [9.17, 15) is 0 Å². The zero-order valence-corrected chi connectivity index (χ0v) is 12.1. The van der Waals surface area contributed by atoms with Crippen molar-refractivity contribution >= 4 is 5.69 Å². The first-order valence-electron chi connectivity index (χ1n) is 7.19. The van der Waals surface area contributed by atoms with Gasteiger partial charge in [-0.3, -0.25) is 0 Å². The summed E-state index contributed by atoms with van der Waals surface area (Å²) in [6.07, 6.45) is 10.3. The van der Waals surface area contributed by atoms with Crippen molar-refractivity contribution in [1.82, 2.24) is 0 Å². The molecule has 20 heavy (non-hydrogen) atoms. The van der Waals surface area contributed by atoms with Crippen molar-refractivity contribution in [1.29, 1.82) is 0 Å². The zero-order valence-electron chi connectivity index (χ0n) is 12.1. The molecule has 106 valence electrons. The van der Waals surface area contributed by atoms with Gasteiger partial charge in [-0.25, -0.2) is 0 Å². The fourth-order valence-corrected chi connectivity index (χ4v) is 3.13. The Morgan fingerprint density at radius 2 is 2.10 bits per heavy atom. The minimum absolute atomic E-state index is 0.643. The molecule has 1 aromatic carbocycles. The fourth-order valence-electron chi connectivity index (χ4n) is 3.13. The Labute approximate surface area is 120 Å². The number of hydrogen-bond donors (Lipinski definition) is 0. The van der Waals surface area contributed by atoms with Crippen LogP contribution in [0.25, 0.3) is 0 Å². The van der Waals surface area contributed by atoms with Gasteiger partial charge >= 0.3 is 0 Å². The van der Waals surface area contributed by atoms with Crippen molar-refractivity contribution in [2.75, 3.05) is 25.7 Å². The summed E-state index contributed by atoms with van der Waals surface area (Å²) in [6, 6.07) is 6.00. The van der Waals surface area contributed by atoms with Gasteiger partial charge in [0.05, 0.1) is 19.9 Å². The summed E-state index contributed by atoms with van der Waals surface area (Å²) >= 11 is 0. The average molecular weight is 271 g/mol. The number of rotatable bonds is 3. The second-order valence-corrected chi connectivity index (χ2v) is 5.28. The van der Waals surface area contributed by atoms with E-state index in [-0.39, 0.29) is 0 Å². The number of benzene rings is 1. The lowest BCUT2D eigenvalue weighted by molar-refractivity contribution is 0.400. The lowest BCUT2D eigenvalue weighted by Gasteiger charge is -2.38. The summed E-state index contributed by atoms with van der Waals surface area (Å²) in [5.74, 6) is 2.42. The van der Waals surface area contributed by atoms with Crippen molar-refractivity contribution < 1.29 is 9.47 Å². The Hall–Kier alpha value is -1.90. The predicted molar refractivity (Wildman–Crippen MR) is 81.5 cm³/mol. The van der Waals surface area contributed by atoms with Gasteiger partial charge in [-0.1, -0.05) is 12.2 Å². The van der Waals surface area contributed by atoms with Gasteiger partial charge in [0.1, 0.15) is 11.5 Å². The summed E-state index contributed by atoms with van der Waals surface area (Å²) in [5, 5.41) is 0. The Morgan fingerprint density at radius 3 is 2.90 bits per heavy atom. The van der Waals surface area contributed by atoms with Crippen LogP contribution in [0.1, 0.15) is 19.3 Å². The highest BCUT2D eigenvalue weighted by atomic mass is 16.5. The van der Waals surface area contributed by atoms with Gasteiger partial charge in [-0.05, 0) is 37.5 Å². The summed E-state index contributed by atoms with van der Waals surface area (Å²) in [6.45, 7) is 1.04. The molecular weight excluding hydrogens is 250 g/mol. The molecule has 1 aromatic rings. The van der Waals surface area contributed by atoms with Crippen LogP contribution in [-0.4, -0.2) is 20.8 Å². The number of nitrogens with zero attached hydrogens (tertiary/aromatic N) is 1. The second-order valence-electron chi connectivity index (χ2n) is 5.28. The van der Waals surface area contributed by atoms with E-state index in [0.717, 1.165) is 30.2 Å². The van der Waals surface area contributed by atoms with E-state index >= 15 is 0 Å². The zero-order chi connectivity index (χ0) is 13.9. The van der Waals surface area contributed by atoms with Crippen LogP contribution >= 0.6 is 0 Å². The Kier molecular flexibility index (Phi) is 3.68. The average Bonchev–Trinajstić information content (AvgIpc) is 2.53. The van der Waals surface area contributed by atoms with Crippen LogP contribution in [0.3, 0.4) is 0 Å². The molecule has 3 nitrogen and oxygen atoms in total. The number of hydrogen-bond acceptors (Lipinski definition) is 3. The van der Waals surface area contributed by atoms with Crippen LogP contribution in [0, 0.1) is 5.92 Å². The molecule has 1 heterocycles. The van der Waals surface area contributed by atoms with E-state index in [1.54, 1.807) is 14.2 Å². The van der Waals surface area contributed by atoms with Gasteiger partial charge in [0.25, 0.3) is 0 Å². The molecule has 0 bridgehead atoms. The molecule has 0 amide bonds. The minimum Gasteiger partial charge on any atom is -0.497 e. The van der Waals surface area contributed by atoms with Gasteiger partial charge < -0.3 is 14.4 Å². The Balaban J connectivity index is 2.02. The predicted octanol–water partition coefficient (Wildman–Crippen LogP) is 3.76. The molecule has 1 unspecified atom stereocenters. The lowest BCUT2D eigenvalue weighted by atomic mass is 9.87. The van der Waals surface area contributed by atoms with Gasteiger partial charge in [0, 0.05) is 24.2 Å². The first-order chi connectivity index (χ1) is 9.83. The molecule has 2 aliphatic rings. The van der Waals surface area contributed by atoms with Crippen LogP contribution in [0.15, 0.2) is 42.1 Å². The fraction of sp³-hybridized carbons (Fsp3) is 0.412. The number of anilines is 1. The van der Waals surface area contributed by atoms with E-state index in [2.05, 4.69) is 29.2 Å². The third-order valence-corrected chi connectivity index (χ3v) is 4.16. The largest absolute Gasteiger partial charge is 0.497 e. The summed E-state index contributed by atoms with van der Waals surface area (Å²) in [7, 11) is 3.43. The summed E-state index contributed by atoms with van der Waals surface area (Å²) in [4.78, 5) is 2.39. The van der Waals surface area contributed by atoms with Crippen LogP contribution in [0.2, 0.25) is 0 Å². The van der Waals surface area contributed by atoms with E-state index in [1.165, 1.54) is 18.5 Å². The minimum atomic E-state index is 0.643. The first kappa shape index (κ1) is 13.1. The summed E-state index contributed by atoms with van der Waals surface area (Å²) < 4.78 is 10.9. The normalized spacial score (nSPS) is 21.2. The molecular formula is C17H21NO2. The quantitative estimate of drug-likeness (QED) is 0.835. The Bertz CT molecular complexity index is 548. The number of methoxy groups -OCH3 is 2. The van der Waals surface area contributed by atoms with Crippen LogP contribution in [0.5, 0.6) is 11.5 Å².